The van der Waals surface area contributed by atoms with Crippen LogP contribution in [-0.2, 0) is 22.2 Å². The average Bonchev–Trinajstić information content (AvgIpc) is 3.23. The number of nitrogens with one attached hydrogen (secondary N) is 3. The van der Waals surface area contributed by atoms with Gasteiger partial charge < -0.3 is 15.7 Å². The van der Waals surface area contributed by atoms with Crippen LogP contribution in [0.4, 0.5) is 27.8 Å². The molecule has 0 aliphatic heterocycles. The van der Waals surface area contributed by atoms with Crippen LogP contribution in [0.1, 0.15) is 48.3 Å². The van der Waals surface area contributed by atoms with Crippen LogP contribution in [0.15, 0.2) is 48.5 Å². The van der Waals surface area contributed by atoms with Gasteiger partial charge >= 0.3 is 6.18 Å². The molecule has 1 heterocycles. The number of carbonyl (C=O) groups is 2. The van der Waals surface area contributed by atoms with E-state index in [0.29, 0.717) is 17.3 Å². The van der Waals surface area contributed by atoms with Gasteiger partial charge in [0.2, 0.25) is 5.91 Å². The molecule has 2 aromatic carbocycles. The molecular weight excluding hydrogens is 487 g/mol. The maximum absolute atomic E-state index is 13.3. The summed E-state index contributed by atoms with van der Waals surface area (Å²) in [6.07, 6.45) is -6.06. The molecule has 4 N–H and O–H groups in total. The minimum Gasteiger partial charge on any atom is -0.378 e. The third kappa shape index (κ3) is 6.87. The van der Waals surface area contributed by atoms with E-state index in [1.54, 1.807) is 13.0 Å². The minimum atomic E-state index is -4.45. The number of aliphatic hydroxyl groups is 1. The highest BCUT2D eigenvalue weighted by Gasteiger charge is 2.30. The fourth-order valence-electron chi connectivity index (χ4n) is 3.47. The summed E-state index contributed by atoms with van der Waals surface area (Å²) < 4.78 is 65.5. The summed E-state index contributed by atoms with van der Waals surface area (Å²) >= 11 is 0. The Bertz CT molecular complexity index is 1220. The van der Waals surface area contributed by atoms with Crippen molar-refractivity contribution in [1.82, 2.24) is 15.5 Å². The summed E-state index contributed by atoms with van der Waals surface area (Å²) in [5.41, 5.74) is -0.0989. The number of rotatable bonds is 8. The molecule has 2 amide bonds. The lowest BCUT2D eigenvalue weighted by Gasteiger charge is -2.16. The molecule has 3 rings (SSSR count). The Morgan fingerprint density at radius 2 is 1.67 bits per heavy atom. The van der Waals surface area contributed by atoms with Crippen LogP contribution < -0.4 is 10.6 Å². The van der Waals surface area contributed by atoms with Gasteiger partial charge in [0.1, 0.15) is 23.5 Å². The first kappa shape index (κ1) is 26.8. The summed E-state index contributed by atoms with van der Waals surface area (Å²) in [6, 6.07) is 7.54. The molecule has 0 bridgehead atoms. The number of hydrogen-bond acceptors (Lipinski definition) is 4. The first-order valence-corrected chi connectivity index (χ1v) is 10.8. The molecule has 36 heavy (non-hydrogen) atoms. The quantitative estimate of drug-likeness (QED) is 0.340. The molecule has 12 heteroatoms. The summed E-state index contributed by atoms with van der Waals surface area (Å²) in [4.78, 5) is 24.6. The lowest BCUT2D eigenvalue weighted by atomic mass is 9.94. The third-order valence-electron chi connectivity index (χ3n) is 5.39. The summed E-state index contributed by atoms with van der Waals surface area (Å²) in [7, 11) is 0. The molecule has 0 saturated heterocycles. The maximum atomic E-state index is 13.3. The lowest BCUT2D eigenvalue weighted by Crippen LogP contribution is -2.43. The first-order chi connectivity index (χ1) is 16.8. The molecule has 0 aliphatic carbocycles. The van der Waals surface area contributed by atoms with E-state index < -0.39 is 47.3 Å². The molecule has 192 valence electrons. The number of amides is 2. The molecular formula is C24H23F5N4O3. The Morgan fingerprint density at radius 1 is 1.00 bits per heavy atom. The monoisotopic (exact) mass is 510 g/mol. The number of H-pyrrole nitrogens is 1. The van der Waals surface area contributed by atoms with Crippen molar-refractivity contribution in [3.8, 4) is 0 Å². The fourth-order valence-corrected chi connectivity index (χ4v) is 3.47. The molecule has 1 aromatic heterocycles. The Kier molecular flexibility index (Phi) is 8.08. The molecule has 0 saturated carbocycles. The Labute approximate surface area is 202 Å². The van der Waals surface area contributed by atoms with Crippen molar-refractivity contribution in [2.24, 2.45) is 0 Å². The van der Waals surface area contributed by atoms with Crippen LogP contribution in [0.5, 0.6) is 0 Å². The van der Waals surface area contributed by atoms with Gasteiger partial charge in [-0.05, 0) is 48.6 Å². The Hall–Kier alpha value is -3.80. The third-order valence-corrected chi connectivity index (χ3v) is 5.39. The predicted octanol–water partition coefficient (Wildman–Crippen LogP) is 4.23. The van der Waals surface area contributed by atoms with Gasteiger partial charge in [0.05, 0.1) is 11.3 Å². The highest BCUT2D eigenvalue weighted by atomic mass is 19.4. The van der Waals surface area contributed by atoms with Gasteiger partial charge in [0, 0.05) is 12.1 Å². The van der Waals surface area contributed by atoms with Crippen LogP contribution in [0, 0.1) is 11.6 Å². The number of hydrogen-bond donors (Lipinski definition) is 4. The standard InChI is InChI=1S/C24H23F5N4O3/c1-12(14-4-3-5-16(7-14)24(27,28)29)6-19-11-20(33-32-19)31-22(35)13(2)30-23(36)21(34)15-8-17(25)10-18(26)9-15/h3-5,7-13,21,34H,6H2,1-2H3,(H,30,36)(H2,31,32,33,35). The van der Waals surface area contributed by atoms with Crippen molar-refractivity contribution in [3.63, 3.8) is 0 Å². The number of nitrogens with zero attached hydrogens (tertiary/aromatic N) is 1. The van der Waals surface area contributed by atoms with Gasteiger partial charge in [-0.1, -0.05) is 25.1 Å². The van der Waals surface area contributed by atoms with Crippen LogP contribution in [-0.4, -0.2) is 33.2 Å². The van der Waals surface area contributed by atoms with Crippen molar-refractivity contribution in [2.75, 3.05) is 5.32 Å². The molecule has 0 aliphatic rings. The van der Waals surface area contributed by atoms with Crippen LogP contribution in [0.25, 0.3) is 0 Å². The zero-order valence-electron chi connectivity index (χ0n) is 19.2. The molecule has 0 spiro atoms. The number of halogens is 5. The van der Waals surface area contributed by atoms with E-state index >= 15 is 0 Å². The average molecular weight is 510 g/mol. The maximum Gasteiger partial charge on any atom is 0.416 e. The van der Waals surface area contributed by atoms with E-state index in [0.717, 1.165) is 24.3 Å². The fraction of sp³-hybridized carbons (Fsp3) is 0.292. The van der Waals surface area contributed by atoms with Crippen molar-refractivity contribution in [1.29, 1.82) is 0 Å². The van der Waals surface area contributed by atoms with Gasteiger partial charge in [-0.3, -0.25) is 14.7 Å². The topological polar surface area (TPSA) is 107 Å². The van der Waals surface area contributed by atoms with Crippen molar-refractivity contribution in [3.05, 3.63) is 82.5 Å². The summed E-state index contributed by atoms with van der Waals surface area (Å²) in [6.45, 7) is 3.08. The number of benzene rings is 2. The smallest absolute Gasteiger partial charge is 0.378 e. The molecule has 0 radical (unpaired) electrons. The van der Waals surface area contributed by atoms with E-state index in [4.69, 9.17) is 0 Å². The van der Waals surface area contributed by atoms with Crippen LogP contribution in [0.2, 0.25) is 0 Å². The van der Waals surface area contributed by atoms with E-state index in [-0.39, 0.29) is 23.7 Å². The highest BCUT2D eigenvalue weighted by Crippen LogP contribution is 2.31. The van der Waals surface area contributed by atoms with Crippen molar-refractivity contribution < 1.29 is 36.6 Å². The van der Waals surface area contributed by atoms with Gasteiger partial charge in [-0.25, -0.2) is 8.78 Å². The highest BCUT2D eigenvalue weighted by molar-refractivity contribution is 5.97. The van der Waals surface area contributed by atoms with Gasteiger partial charge in [-0.2, -0.15) is 18.3 Å². The second-order valence-corrected chi connectivity index (χ2v) is 8.33. The summed E-state index contributed by atoms with van der Waals surface area (Å²) in [5, 5.41) is 21.4. The lowest BCUT2D eigenvalue weighted by molar-refractivity contribution is -0.137. The van der Waals surface area contributed by atoms with Crippen LogP contribution >= 0.6 is 0 Å². The molecule has 3 atom stereocenters. The zero-order valence-corrected chi connectivity index (χ0v) is 19.2. The number of aromatic nitrogens is 2. The van der Waals surface area contributed by atoms with Gasteiger partial charge in [0.25, 0.3) is 5.91 Å². The zero-order chi connectivity index (χ0) is 26.6. The molecule has 7 nitrogen and oxygen atoms in total. The second-order valence-electron chi connectivity index (χ2n) is 8.33. The number of anilines is 1. The van der Waals surface area contributed by atoms with Crippen LogP contribution in [0.3, 0.4) is 0 Å². The number of aromatic amines is 1. The van der Waals surface area contributed by atoms with Crippen molar-refractivity contribution >= 4 is 17.6 Å². The van der Waals surface area contributed by atoms with E-state index in [9.17, 15) is 36.6 Å². The van der Waals surface area contributed by atoms with Gasteiger partial charge in [0.15, 0.2) is 6.10 Å². The number of aliphatic hydroxyl groups excluding tert-OH is 1. The van der Waals surface area contributed by atoms with Crippen molar-refractivity contribution in [2.45, 2.75) is 44.5 Å². The largest absolute Gasteiger partial charge is 0.416 e. The SMILES string of the molecule is CC(NC(=O)C(O)c1cc(F)cc(F)c1)C(=O)Nc1cc(CC(C)c2cccc(C(F)(F)F)c2)n[nH]1. The normalized spacial score (nSPS) is 14.1. The van der Waals surface area contributed by atoms with E-state index in [2.05, 4.69) is 20.8 Å². The first-order valence-electron chi connectivity index (χ1n) is 10.8. The molecule has 3 aromatic rings. The Balaban J connectivity index is 1.57. The minimum absolute atomic E-state index is 0.181. The molecule has 3 unspecified atom stereocenters. The van der Waals surface area contributed by atoms with Gasteiger partial charge in [-0.15, -0.1) is 0 Å². The Morgan fingerprint density at radius 3 is 2.31 bits per heavy atom. The number of carbonyl (C=O) groups excluding carboxylic acids is 2. The number of alkyl halides is 3. The van der Waals surface area contributed by atoms with E-state index in [1.807, 2.05) is 0 Å². The molecule has 0 fully saturated rings. The summed E-state index contributed by atoms with van der Waals surface area (Å²) in [5.74, 6) is -3.78. The second kappa shape index (κ2) is 10.9. The predicted molar refractivity (Wildman–Crippen MR) is 120 cm³/mol. The van der Waals surface area contributed by atoms with E-state index in [1.165, 1.54) is 19.1 Å².